The van der Waals surface area contributed by atoms with Gasteiger partial charge in [0.2, 0.25) is 5.91 Å². The second-order valence-electron chi connectivity index (χ2n) is 7.42. The Kier molecular flexibility index (Phi) is 5.27. The van der Waals surface area contributed by atoms with Gasteiger partial charge >= 0.3 is 0 Å². The highest BCUT2D eigenvalue weighted by molar-refractivity contribution is 7.17. The number of hydrogen-bond donors (Lipinski definition) is 3. The molecule has 27 heavy (non-hydrogen) atoms. The van der Waals surface area contributed by atoms with Crippen LogP contribution in [-0.4, -0.2) is 64.3 Å². The lowest BCUT2D eigenvalue weighted by Gasteiger charge is -2.37. The van der Waals surface area contributed by atoms with Gasteiger partial charge in [-0.2, -0.15) is 0 Å². The Hall–Kier alpha value is -1.81. The van der Waals surface area contributed by atoms with Gasteiger partial charge in [-0.25, -0.2) is 4.98 Å². The highest BCUT2D eigenvalue weighted by Crippen LogP contribution is 2.29. The average Bonchev–Trinajstić information content (AvgIpc) is 3.37. The van der Waals surface area contributed by atoms with Crippen molar-refractivity contribution in [3.05, 3.63) is 27.6 Å². The van der Waals surface area contributed by atoms with Crippen molar-refractivity contribution in [3.8, 4) is 0 Å². The molecule has 1 saturated carbocycles. The van der Waals surface area contributed by atoms with Crippen molar-refractivity contribution in [2.24, 2.45) is 5.92 Å². The van der Waals surface area contributed by atoms with E-state index in [0.29, 0.717) is 42.2 Å². The summed E-state index contributed by atoms with van der Waals surface area (Å²) in [7, 11) is 1.89. The molecule has 0 spiro atoms. The molecule has 146 valence electrons. The van der Waals surface area contributed by atoms with Crippen molar-refractivity contribution >= 4 is 27.5 Å². The molecule has 4 rings (SSSR count). The fraction of sp³-hybridized carbons (Fsp3) is 0.611. The maximum absolute atomic E-state index is 12.1. The quantitative estimate of drug-likeness (QED) is 0.659. The third kappa shape index (κ3) is 4.21. The van der Waals surface area contributed by atoms with Gasteiger partial charge in [-0.3, -0.25) is 14.5 Å². The number of likely N-dealkylation sites (N-methyl/N-ethyl adjacent to an activating group) is 1. The second kappa shape index (κ2) is 7.67. The molecule has 3 atom stereocenters. The van der Waals surface area contributed by atoms with Gasteiger partial charge in [-0.05, 0) is 37.8 Å². The van der Waals surface area contributed by atoms with Crippen LogP contribution in [-0.2, 0) is 16.1 Å². The molecular weight excluding hydrogens is 368 g/mol. The van der Waals surface area contributed by atoms with Crippen LogP contribution < -0.4 is 10.9 Å². The van der Waals surface area contributed by atoms with E-state index in [4.69, 9.17) is 4.74 Å². The third-order valence-electron chi connectivity index (χ3n) is 5.10. The summed E-state index contributed by atoms with van der Waals surface area (Å²) in [6.07, 6.45) is 1.34. The SMILES string of the molecule is CN(Cc1nc2ccsc2c(=O)[nH]1)C[C@H]1OCC[C@H](NC(=O)C2CC2)[C@@H]1O. The zero-order valence-corrected chi connectivity index (χ0v) is 16.0. The number of carbonyl (C=O) groups is 1. The fourth-order valence-corrected chi connectivity index (χ4v) is 4.19. The number of H-pyrrole nitrogens is 1. The molecule has 2 aromatic heterocycles. The highest BCUT2D eigenvalue weighted by atomic mass is 32.1. The molecule has 2 fully saturated rings. The van der Waals surface area contributed by atoms with Gasteiger partial charge in [0.25, 0.3) is 5.56 Å². The molecule has 1 aliphatic carbocycles. The van der Waals surface area contributed by atoms with E-state index in [1.165, 1.54) is 11.3 Å². The largest absolute Gasteiger partial charge is 0.388 e. The Balaban J connectivity index is 1.36. The van der Waals surface area contributed by atoms with E-state index in [0.717, 1.165) is 12.8 Å². The summed E-state index contributed by atoms with van der Waals surface area (Å²) in [4.78, 5) is 33.3. The molecule has 0 radical (unpaired) electrons. The van der Waals surface area contributed by atoms with Crippen LogP contribution >= 0.6 is 11.3 Å². The molecule has 0 aromatic carbocycles. The summed E-state index contributed by atoms with van der Waals surface area (Å²) < 4.78 is 6.36. The van der Waals surface area contributed by atoms with Crippen molar-refractivity contribution in [2.45, 2.75) is 44.1 Å². The number of amides is 1. The monoisotopic (exact) mass is 392 g/mol. The summed E-state index contributed by atoms with van der Waals surface area (Å²) in [6, 6.07) is 1.56. The first kappa shape index (κ1) is 18.5. The standard InChI is InChI=1S/C18H24N4O4S/c1-22(9-14-19-12-5-7-27-16(12)18(25)21-14)8-13-15(23)11(4-6-26-13)20-17(24)10-2-3-10/h5,7,10-11,13,15,23H,2-4,6,8-9H2,1H3,(H,20,24)(H,19,21,25)/t11-,13+,15-/m0/s1. The van der Waals surface area contributed by atoms with Crippen LogP contribution in [0.1, 0.15) is 25.1 Å². The molecule has 8 nitrogen and oxygen atoms in total. The molecule has 0 unspecified atom stereocenters. The van der Waals surface area contributed by atoms with Crippen molar-refractivity contribution < 1.29 is 14.6 Å². The van der Waals surface area contributed by atoms with Crippen molar-refractivity contribution in [1.82, 2.24) is 20.2 Å². The molecule has 3 N–H and O–H groups in total. The Morgan fingerprint density at radius 3 is 3.07 bits per heavy atom. The number of nitrogens with one attached hydrogen (secondary N) is 2. The van der Waals surface area contributed by atoms with Crippen LogP contribution in [0.15, 0.2) is 16.2 Å². The summed E-state index contributed by atoms with van der Waals surface area (Å²) in [5.41, 5.74) is 0.569. The Labute approximate surface area is 160 Å². The van der Waals surface area contributed by atoms with Crippen LogP contribution in [0, 0.1) is 5.92 Å². The Morgan fingerprint density at radius 1 is 1.48 bits per heavy atom. The number of aromatic amines is 1. The third-order valence-corrected chi connectivity index (χ3v) is 6.01. The minimum absolute atomic E-state index is 0.0406. The molecule has 0 bridgehead atoms. The number of rotatable bonds is 6. The maximum atomic E-state index is 12.1. The predicted octanol–water partition coefficient (Wildman–Crippen LogP) is 0.461. The van der Waals surface area contributed by atoms with Crippen LogP contribution in [0.25, 0.3) is 10.2 Å². The molecule has 3 heterocycles. The molecule has 1 amide bonds. The lowest BCUT2D eigenvalue weighted by atomic mass is 9.99. The molecular formula is C18H24N4O4S. The van der Waals surface area contributed by atoms with Gasteiger partial charge < -0.3 is 20.1 Å². The van der Waals surface area contributed by atoms with E-state index in [1.54, 1.807) is 0 Å². The number of hydrogen-bond acceptors (Lipinski definition) is 7. The van der Waals surface area contributed by atoms with Crippen molar-refractivity contribution in [3.63, 3.8) is 0 Å². The van der Waals surface area contributed by atoms with E-state index < -0.39 is 12.2 Å². The summed E-state index contributed by atoms with van der Waals surface area (Å²) in [6.45, 7) is 1.41. The molecule has 9 heteroatoms. The first-order valence-electron chi connectivity index (χ1n) is 9.26. The lowest BCUT2D eigenvalue weighted by molar-refractivity contribution is -0.130. The molecule has 2 aromatic rings. The molecule has 1 saturated heterocycles. The van der Waals surface area contributed by atoms with Gasteiger partial charge in [-0.15, -0.1) is 11.3 Å². The normalized spacial score (nSPS) is 25.8. The first-order chi connectivity index (χ1) is 13.0. The van der Waals surface area contributed by atoms with Gasteiger partial charge in [0.05, 0.1) is 24.2 Å². The van der Waals surface area contributed by atoms with Crippen LogP contribution in [0.4, 0.5) is 0 Å². The number of thiophene rings is 1. The van der Waals surface area contributed by atoms with Gasteiger partial charge in [-0.1, -0.05) is 0 Å². The summed E-state index contributed by atoms with van der Waals surface area (Å²) in [5.74, 6) is 0.743. The predicted molar refractivity (Wildman–Crippen MR) is 102 cm³/mol. The molecule has 2 aliphatic rings. The first-order valence-corrected chi connectivity index (χ1v) is 10.1. The van der Waals surface area contributed by atoms with E-state index in [-0.39, 0.29) is 23.4 Å². The van der Waals surface area contributed by atoms with Crippen LogP contribution in [0.3, 0.4) is 0 Å². The number of aliphatic hydroxyl groups excluding tert-OH is 1. The van der Waals surface area contributed by atoms with Gasteiger partial charge in [0.1, 0.15) is 16.6 Å². The summed E-state index contributed by atoms with van der Waals surface area (Å²) >= 11 is 1.37. The van der Waals surface area contributed by atoms with E-state index >= 15 is 0 Å². The topological polar surface area (TPSA) is 108 Å². The minimum atomic E-state index is -0.754. The van der Waals surface area contributed by atoms with Gasteiger partial charge in [0.15, 0.2) is 0 Å². The number of aromatic nitrogens is 2. The highest BCUT2D eigenvalue weighted by Gasteiger charge is 2.37. The Morgan fingerprint density at radius 2 is 2.30 bits per heavy atom. The van der Waals surface area contributed by atoms with E-state index in [1.807, 2.05) is 23.4 Å². The van der Waals surface area contributed by atoms with Crippen LogP contribution in [0.5, 0.6) is 0 Å². The Bertz CT molecular complexity index is 878. The second-order valence-corrected chi connectivity index (χ2v) is 8.34. The van der Waals surface area contributed by atoms with E-state index in [9.17, 15) is 14.7 Å². The van der Waals surface area contributed by atoms with Crippen molar-refractivity contribution in [1.29, 1.82) is 0 Å². The van der Waals surface area contributed by atoms with Gasteiger partial charge in [0, 0.05) is 19.1 Å². The smallest absolute Gasteiger partial charge is 0.268 e. The van der Waals surface area contributed by atoms with Crippen LogP contribution in [0.2, 0.25) is 0 Å². The fourth-order valence-electron chi connectivity index (χ4n) is 3.46. The zero-order valence-electron chi connectivity index (χ0n) is 15.2. The maximum Gasteiger partial charge on any atom is 0.268 e. The number of carbonyl (C=O) groups excluding carboxylic acids is 1. The number of fused-ring (bicyclic) bond motifs is 1. The lowest BCUT2D eigenvalue weighted by Crippen LogP contribution is -2.56. The number of ether oxygens (including phenoxy) is 1. The minimum Gasteiger partial charge on any atom is -0.388 e. The number of nitrogens with zero attached hydrogens (tertiary/aromatic N) is 2. The zero-order chi connectivity index (χ0) is 19.0. The average molecular weight is 392 g/mol. The molecule has 1 aliphatic heterocycles. The van der Waals surface area contributed by atoms with Crippen molar-refractivity contribution in [2.75, 3.05) is 20.2 Å². The number of aliphatic hydroxyl groups is 1. The van der Waals surface area contributed by atoms with E-state index in [2.05, 4.69) is 15.3 Å². The summed E-state index contributed by atoms with van der Waals surface area (Å²) in [5, 5.41) is 15.4.